The van der Waals surface area contributed by atoms with Crippen molar-refractivity contribution in [3.8, 4) is 0 Å². The molecule has 2 bridgehead atoms. The molecule has 0 saturated heterocycles. The van der Waals surface area contributed by atoms with Gasteiger partial charge in [0.2, 0.25) is 0 Å². The van der Waals surface area contributed by atoms with Crippen molar-refractivity contribution in [3.63, 3.8) is 0 Å². The minimum atomic E-state index is 0.408. The number of fused-ring (bicyclic) bond motifs is 2. The third kappa shape index (κ3) is 1.05. The summed E-state index contributed by atoms with van der Waals surface area (Å²) in [6.07, 6.45) is 2.65. The molecule has 2 saturated carbocycles. The first kappa shape index (κ1) is 10.5. The Balaban J connectivity index is 2.32. The summed E-state index contributed by atoms with van der Waals surface area (Å²) < 4.78 is 0. The summed E-state index contributed by atoms with van der Waals surface area (Å²) in [6.45, 7) is 9.92. The van der Waals surface area contributed by atoms with Crippen molar-refractivity contribution in [2.75, 3.05) is 6.61 Å². The Hall–Kier alpha value is -0.0400. The van der Waals surface area contributed by atoms with Gasteiger partial charge in [0.25, 0.3) is 0 Å². The highest BCUT2D eigenvalue weighted by Crippen LogP contribution is 2.66. The molecule has 5 unspecified atom stereocenters. The van der Waals surface area contributed by atoms with Crippen LogP contribution in [0.15, 0.2) is 0 Å². The van der Waals surface area contributed by atoms with Gasteiger partial charge in [-0.25, -0.2) is 0 Å². The summed E-state index contributed by atoms with van der Waals surface area (Å²) in [5.74, 6) is 3.88. The number of aliphatic hydroxyl groups excluding tert-OH is 1. The van der Waals surface area contributed by atoms with E-state index in [9.17, 15) is 5.11 Å². The maximum Gasteiger partial charge on any atom is 0.0464 e. The normalized spacial score (nSPS) is 51.9. The first-order valence-corrected chi connectivity index (χ1v) is 6.14. The molecule has 0 aliphatic heterocycles. The molecule has 2 aliphatic carbocycles. The van der Waals surface area contributed by atoms with Crippen LogP contribution in [0.4, 0.5) is 0 Å². The highest BCUT2D eigenvalue weighted by atomic mass is 16.3. The van der Waals surface area contributed by atoms with E-state index in [0.717, 1.165) is 23.7 Å². The van der Waals surface area contributed by atoms with E-state index in [1.165, 1.54) is 12.8 Å². The van der Waals surface area contributed by atoms with Crippen LogP contribution in [0.25, 0.3) is 0 Å². The molecule has 1 nitrogen and oxygen atoms in total. The standard InChI is InChI=1S/C13H24O/c1-8(2)13-6-11(5-12(13)7-14)9(3)10(13)4/h8-12,14H,5-7H2,1-4H3. The fourth-order valence-corrected chi connectivity index (χ4v) is 4.62. The van der Waals surface area contributed by atoms with Crippen LogP contribution < -0.4 is 0 Å². The van der Waals surface area contributed by atoms with Gasteiger partial charge in [0.15, 0.2) is 0 Å². The third-order valence-electron chi connectivity index (χ3n) is 5.64. The molecule has 2 aliphatic rings. The largest absolute Gasteiger partial charge is 0.396 e. The van der Waals surface area contributed by atoms with Crippen molar-refractivity contribution < 1.29 is 5.11 Å². The van der Waals surface area contributed by atoms with Crippen LogP contribution in [-0.4, -0.2) is 11.7 Å². The lowest BCUT2D eigenvalue weighted by Crippen LogP contribution is -2.41. The molecule has 0 amide bonds. The van der Waals surface area contributed by atoms with Gasteiger partial charge in [-0.1, -0.05) is 27.7 Å². The second-order valence-corrected chi connectivity index (χ2v) is 5.99. The van der Waals surface area contributed by atoms with Crippen molar-refractivity contribution in [1.29, 1.82) is 0 Å². The lowest BCUT2D eigenvalue weighted by molar-refractivity contribution is 0.00142. The SMILES string of the molecule is CC1C2CC(CO)C(C(C)C)(C2)C1C. The van der Waals surface area contributed by atoms with E-state index in [4.69, 9.17) is 0 Å². The Labute approximate surface area is 87.9 Å². The first-order chi connectivity index (χ1) is 6.54. The molecule has 2 rings (SSSR count). The Bertz CT molecular complexity index is 219. The fourth-order valence-electron chi connectivity index (χ4n) is 4.62. The molecule has 14 heavy (non-hydrogen) atoms. The average molecular weight is 196 g/mol. The van der Waals surface area contributed by atoms with E-state index in [2.05, 4.69) is 27.7 Å². The molecule has 1 N–H and O–H groups in total. The summed E-state index contributed by atoms with van der Waals surface area (Å²) in [6, 6.07) is 0. The number of aliphatic hydroxyl groups is 1. The van der Waals surface area contributed by atoms with Gasteiger partial charge < -0.3 is 5.11 Å². The second kappa shape index (κ2) is 3.23. The molecule has 0 heterocycles. The van der Waals surface area contributed by atoms with Gasteiger partial charge in [-0.15, -0.1) is 0 Å². The molecule has 0 aromatic rings. The van der Waals surface area contributed by atoms with E-state index >= 15 is 0 Å². The summed E-state index contributed by atoms with van der Waals surface area (Å²) in [7, 11) is 0. The van der Waals surface area contributed by atoms with Crippen LogP contribution in [0.1, 0.15) is 40.5 Å². The quantitative estimate of drug-likeness (QED) is 0.720. The molecule has 0 aromatic carbocycles. The summed E-state index contributed by atoms with van der Waals surface area (Å²) in [4.78, 5) is 0. The molecule has 0 radical (unpaired) electrons. The van der Waals surface area contributed by atoms with Gasteiger partial charge in [-0.2, -0.15) is 0 Å². The maximum absolute atomic E-state index is 9.51. The number of rotatable bonds is 2. The second-order valence-electron chi connectivity index (χ2n) is 5.99. The van der Waals surface area contributed by atoms with E-state index in [0.29, 0.717) is 17.9 Å². The fraction of sp³-hybridized carbons (Fsp3) is 1.00. The lowest BCUT2D eigenvalue weighted by Gasteiger charge is -2.45. The van der Waals surface area contributed by atoms with Crippen LogP contribution in [-0.2, 0) is 0 Å². The minimum Gasteiger partial charge on any atom is -0.396 e. The van der Waals surface area contributed by atoms with Crippen LogP contribution in [0, 0.1) is 35.0 Å². The van der Waals surface area contributed by atoms with Crippen molar-refractivity contribution in [3.05, 3.63) is 0 Å². The van der Waals surface area contributed by atoms with Gasteiger partial charge in [0.05, 0.1) is 0 Å². The Kier molecular flexibility index (Phi) is 2.42. The van der Waals surface area contributed by atoms with E-state index < -0.39 is 0 Å². The zero-order chi connectivity index (χ0) is 10.5. The maximum atomic E-state index is 9.51. The smallest absolute Gasteiger partial charge is 0.0464 e. The zero-order valence-corrected chi connectivity index (χ0v) is 9.96. The predicted octanol–water partition coefficient (Wildman–Crippen LogP) is 2.93. The van der Waals surface area contributed by atoms with Gasteiger partial charge in [-0.3, -0.25) is 0 Å². The van der Waals surface area contributed by atoms with Crippen LogP contribution in [0.5, 0.6) is 0 Å². The van der Waals surface area contributed by atoms with Crippen molar-refractivity contribution in [1.82, 2.24) is 0 Å². The number of hydrogen-bond donors (Lipinski definition) is 1. The molecule has 5 atom stereocenters. The molecule has 82 valence electrons. The lowest BCUT2D eigenvalue weighted by atomic mass is 9.60. The Morgan fingerprint density at radius 3 is 2.43 bits per heavy atom. The topological polar surface area (TPSA) is 20.2 Å². The van der Waals surface area contributed by atoms with E-state index in [1.807, 2.05) is 0 Å². The average Bonchev–Trinajstić information content (AvgIpc) is 2.64. The monoisotopic (exact) mass is 196 g/mol. The summed E-state index contributed by atoms with van der Waals surface area (Å²) >= 11 is 0. The molecule has 0 spiro atoms. The summed E-state index contributed by atoms with van der Waals surface area (Å²) in [5, 5.41) is 9.51. The first-order valence-electron chi connectivity index (χ1n) is 6.14. The van der Waals surface area contributed by atoms with Gasteiger partial charge >= 0.3 is 0 Å². The minimum absolute atomic E-state index is 0.408. The van der Waals surface area contributed by atoms with Gasteiger partial charge in [0, 0.05) is 6.61 Å². The van der Waals surface area contributed by atoms with Crippen molar-refractivity contribution >= 4 is 0 Å². The summed E-state index contributed by atoms with van der Waals surface area (Å²) in [5.41, 5.74) is 0.457. The van der Waals surface area contributed by atoms with E-state index in [1.54, 1.807) is 0 Å². The zero-order valence-electron chi connectivity index (χ0n) is 9.96. The third-order valence-corrected chi connectivity index (χ3v) is 5.64. The molecule has 0 aromatic heterocycles. The highest BCUT2D eigenvalue weighted by Gasteiger charge is 2.60. The van der Waals surface area contributed by atoms with Crippen LogP contribution in [0.2, 0.25) is 0 Å². The Morgan fingerprint density at radius 1 is 1.36 bits per heavy atom. The molecule has 1 heteroatoms. The predicted molar refractivity (Wildman–Crippen MR) is 58.9 cm³/mol. The number of hydrogen-bond acceptors (Lipinski definition) is 1. The van der Waals surface area contributed by atoms with Gasteiger partial charge in [0.1, 0.15) is 0 Å². The highest BCUT2D eigenvalue weighted by molar-refractivity contribution is 5.08. The molecule has 2 fully saturated rings. The molecular formula is C13H24O. The Morgan fingerprint density at radius 2 is 2.00 bits per heavy atom. The van der Waals surface area contributed by atoms with Crippen molar-refractivity contribution in [2.24, 2.45) is 35.0 Å². The van der Waals surface area contributed by atoms with Crippen molar-refractivity contribution in [2.45, 2.75) is 40.5 Å². The van der Waals surface area contributed by atoms with Gasteiger partial charge in [-0.05, 0) is 47.8 Å². The van der Waals surface area contributed by atoms with Crippen LogP contribution >= 0.6 is 0 Å². The molecular weight excluding hydrogens is 172 g/mol. The van der Waals surface area contributed by atoms with Crippen LogP contribution in [0.3, 0.4) is 0 Å². The van der Waals surface area contributed by atoms with E-state index in [-0.39, 0.29) is 0 Å².